The summed E-state index contributed by atoms with van der Waals surface area (Å²) in [5.74, 6) is -0.535. The van der Waals surface area contributed by atoms with Crippen LogP contribution >= 0.6 is 15.6 Å². The first-order valence-electron chi connectivity index (χ1n) is 34.6. The van der Waals surface area contributed by atoms with Crippen molar-refractivity contribution in [1.29, 1.82) is 0 Å². The largest absolute Gasteiger partial charge is 0.790 e. The Kier molecular flexibility index (Phi) is 35.2. The van der Waals surface area contributed by atoms with E-state index in [-0.39, 0.29) is 75.8 Å². The Morgan fingerprint density at radius 3 is 1.16 bits per heavy atom. The Morgan fingerprint density at radius 2 is 0.868 bits per heavy atom. The number of nitrogens with zero attached hydrogens (tertiary/aromatic N) is 2. The van der Waals surface area contributed by atoms with E-state index in [4.69, 9.17) is 64.5 Å². The number of likely N-dealkylation sites (tertiary alicyclic amines) is 2. The van der Waals surface area contributed by atoms with E-state index in [0.717, 1.165) is 4.90 Å². The van der Waals surface area contributed by atoms with Gasteiger partial charge in [-0.2, -0.15) is 52.7 Å². The summed E-state index contributed by atoms with van der Waals surface area (Å²) in [5, 5.41) is 99.8. The number of amides is 4. The van der Waals surface area contributed by atoms with Crippen molar-refractivity contribution in [2.75, 3.05) is 80.3 Å². The highest BCUT2D eigenvalue weighted by Crippen LogP contribution is 2.49. The Labute approximate surface area is 643 Å². The van der Waals surface area contributed by atoms with Crippen molar-refractivity contribution in [2.24, 2.45) is 0 Å². The van der Waals surface area contributed by atoms with Gasteiger partial charge in [-0.1, -0.05) is 60.7 Å². The molecule has 4 aliphatic heterocycles. The first-order valence-corrected chi connectivity index (χ1v) is 37.6. The number of carbonyl (C=O) groups excluding carboxylic acids is 4. The molecule has 114 heavy (non-hydrogen) atoms. The molecular weight excluding hydrogens is 1610 g/mol. The summed E-state index contributed by atoms with van der Waals surface area (Å²) >= 11 is 0. The van der Waals surface area contributed by atoms with Gasteiger partial charge in [-0.05, 0) is 118 Å². The number of halogens is 12. The number of ether oxygens (including phenoxy) is 4. The van der Waals surface area contributed by atoms with E-state index in [1.807, 2.05) is 0 Å². The summed E-state index contributed by atoms with van der Waals surface area (Å²) < 4.78 is 214. The molecule has 4 fully saturated rings. The molecule has 4 aliphatic rings. The predicted octanol–water partition coefficient (Wildman–Crippen LogP) is 2.28. The number of rotatable bonds is 28. The first kappa shape index (κ1) is 97.8. The molecule has 0 unspecified atom stereocenters. The van der Waals surface area contributed by atoms with Crippen molar-refractivity contribution >= 4 is 39.6 Å². The van der Waals surface area contributed by atoms with Crippen molar-refractivity contribution in [3.05, 3.63) is 142 Å². The molecule has 4 aromatic carbocycles. The van der Waals surface area contributed by atoms with Gasteiger partial charge in [0.2, 0.25) is 18.6 Å². The minimum absolute atomic E-state index is 0.000635. The van der Waals surface area contributed by atoms with Crippen LogP contribution in [0.5, 0.6) is 0 Å². The maximum atomic E-state index is 13.5. The Bertz CT molecular complexity index is 3560. The third-order valence-electron chi connectivity index (χ3n) is 19.2. The number of nitrogens with two attached hydrogens (primary N) is 1. The molecule has 0 bridgehead atoms. The maximum Gasteiger partial charge on any atom is 0.472 e. The normalized spacial score (nSPS) is 22.9. The molecule has 0 saturated carbocycles. The molecule has 644 valence electrons. The molecular formula is C68H91F12N6O26P2-. The van der Waals surface area contributed by atoms with Crippen LogP contribution in [0.1, 0.15) is 122 Å². The molecule has 8 rings (SSSR count). The molecule has 4 aromatic rings. The van der Waals surface area contributed by atoms with E-state index in [1.54, 1.807) is 80.1 Å². The standard InChI is InChI=1S/2C27H29F6N2O8P.2C7H17NO5/c2*1-17(18-11-20(26(28,29)30)13-21(12-18)27(31,32)33)41-15-25(19-5-3-2-4-6-19)10-9-24(8-7-22(36)34-24)14-35(25)23(37)42-16-43-44(38,39)40;2*1-8-2-4(10)6(12)7(13)5(11)3-9/h2*2-6,11-13,17H,7-10,14-16H2,1H3,(H,34,36)(H2,38,39,40);2*4-13H,2-3H2,1H3/p-1/t2*17-,24-,25-;2*4-,5+,6+,7+/m1100/s1. The molecule has 2 spiro atoms. The lowest BCUT2D eigenvalue weighted by atomic mass is 9.74. The summed E-state index contributed by atoms with van der Waals surface area (Å²) in [6, 6.07) is 18.6. The molecule has 14 atom stereocenters. The fraction of sp³-hybridized carbons (Fsp3) is 0.588. The number of hydrogen-bond acceptors (Lipinski definition) is 25. The lowest BCUT2D eigenvalue weighted by molar-refractivity contribution is -0.635. The van der Waals surface area contributed by atoms with Gasteiger partial charge in [0.05, 0.1) is 104 Å². The Balaban J connectivity index is 0.000000311. The number of phosphoric acid groups is 2. The quantitative estimate of drug-likeness (QED) is 0.0220. The molecule has 0 aliphatic carbocycles. The number of benzene rings is 4. The third-order valence-corrected chi connectivity index (χ3v) is 20.0. The fourth-order valence-electron chi connectivity index (χ4n) is 12.9. The molecule has 4 amide bonds. The van der Waals surface area contributed by atoms with Gasteiger partial charge in [0.25, 0.3) is 0 Å². The molecule has 46 heteroatoms. The second-order valence-electron chi connectivity index (χ2n) is 27.3. The second-order valence-corrected chi connectivity index (χ2v) is 29.7. The van der Waals surface area contributed by atoms with Gasteiger partial charge in [0.15, 0.2) is 6.79 Å². The summed E-state index contributed by atoms with van der Waals surface area (Å²) in [7, 11) is -7.26. The highest BCUT2D eigenvalue weighted by Gasteiger charge is 2.56. The van der Waals surface area contributed by atoms with Crippen LogP contribution in [0.25, 0.3) is 0 Å². The number of aliphatic hydroxyl groups excluding tert-OH is 10. The zero-order chi connectivity index (χ0) is 86.0. The van der Waals surface area contributed by atoms with Gasteiger partial charge >= 0.3 is 44.7 Å². The van der Waals surface area contributed by atoms with Crippen LogP contribution in [0, 0.1) is 0 Å². The molecule has 4 heterocycles. The zero-order valence-electron chi connectivity index (χ0n) is 61.2. The molecule has 17 N–H and O–H groups in total. The molecule has 32 nitrogen and oxygen atoms in total. The number of piperidine rings is 2. The number of likely N-dealkylation sites (N-methyl/N-ethyl adjacent to an activating group) is 2. The van der Waals surface area contributed by atoms with E-state index >= 15 is 0 Å². The van der Waals surface area contributed by atoms with Gasteiger partial charge in [-0.25, -0.2) is 18.7 Å². The van der Waals surface area contributed by atoms with Crippen molar-refractivity contribution in [1.82, 2.24) is 25.8 Å². The van der Waals surface area contributed by atoms with Crippen LogP contribution in [0.4, 0.5) is 62.3 Å². The number of hydrogen-bond donors (Lipinski definition) is 16. The number of aliphatic hydroxyl groups is 10. The minimum atomic E-state index is -5.52. The van der Waals surface area contributed by atoms with E-state index in [1.165, 1.54) is 18.7 Å². The molecule has 4 saturated heterocycles. The minimum Gasteiger partial charge on any atom is -0.790 e. The van der Waals surface area contributed by atoms with Crippen molar-refractivity contribution in [3.8, 4) is 0 Å². The molecule has 0 aromatic heterocycles. The summed E-state index contributed by atoms with van der Waals surface area (Å²) in [6.45, 7) is -2.10. The summed E-state index contributed by atoms with van der Waals surface area (Å²) in [4.78, 5) is 93.3. The fourth-order valence-corrected chi connectivity index (χ4v) is 13.2. The third kappa shape index (κ3) is 27.7. The van der Waals surface area contributed by atoms with E-state index in [9.17, 15) is 106 Å². The van der Waals surface area contributed by atoms with E-state index in [0.29, 0.717) is 61.1 Å². The number of nitrogens with one attached hydrogen (secondary N) is 3. The number of carbonyl (C=O) groups is 4. The first-order chi connectivity index (χ1) is 52.8. The monoisotopic (exact) mass is 1700 g/mol. The van der Waals surface area contributed by atoms with Crippen LogP contribution < -0.4 is 31.1 Å². The van der Waals surface area contributed by atoms with Crippen LogP contribution in [0.3, 0.4) is 0 Å². The average Bonchev–Trinajstić information content (AvgIpc) is 1.27. The van der Waals surface area contributed by atoms with Crippen molar-refractivity contribution in [2.45, 2.75) is 173 Å². The molecule has 0 radical (unpaired) electrons. The van der Waals surface area contributed by atoms with Crippen LogP contribution in [-0.2, 0) is 82.5 Å². The predicted molar refractivity (Wildman–Crippen MR) is 363 cm³/mol. The van der Waals surface area contributed by atoms with E-state index < -0.39 is 209 Å². The van der Waals surface area contributed by atoms with Crippen LogP contribution in [0.2, 0.25) is 0 Å². The van der Waals surface area contributed by atoms with Crippen LogP contribution in [0.15, 0.2) is 97.1 Å². The lowest BCUT2D eigenvalue weighted by Gasteiger charge is -2.52. The second kappa shape index (κ2) is 41.0. The van der Waals surface area contributed by atoms with Crippen molar-refractivity contribution in [3.63, 3.8) is 0 Å². The number of phosphoric ester groups is 2. The van der Waals surface area contributed by atoms with Gasteiger partial charge in [-0.3, -0.25) is 19.4 Å². The summed E-state index contributed by atoms with van der Waals surface area (Å²) in [5.41, 5.74) is -10.7. The zero-order valence-corrected chi connectivity index (χ0v) is 63.0. The number of alkyl halides is 12. The van der Waals surface area contributed by atoms with Crippen molar-refractivity contribution < 1.29 is 185 Å². The highest BCUT2D eigenvalue weighted by atomic mass is 31.2. The van der Waals surface area contributed by atoms with E-state index in [2.05, 4.69) is 25.0 Å². The average molecular weight is 1700 g/mol. The maximum absolute atomic E-state index is 13.5. The number of quaternary nitrogens is 1. The Hall–Kier alpha value is -6.82. The lowest BCUT2D eigenvalue weighted by Crippen LogP contribution is -2.83. The summed E-state index contributed by atoms with van der Waals surface area (Å²) in [6.07, 6.45) is -34.6. The van der Waals surface area contributed by atoms with Crippen LogP contribution in [-0.4, -0.2) is 235 Å². The van der Waals surface area contributed by atoms with Gasteiger partial charge in [0, 0.05) is 32.5 Å². The smallest absolute Gasteiger partial charge is 0.472 e. The topological polar surface area (TPSA) is 506 Å². The van der Waals surface area contributed by atoms with Gasteiger partial charge in [-0.15, -0.1) is 0 Å². The highest BCUT2D eigenvalue weighted by molar-refractivity contribution is 7.46. The Morgan fingerprint density at radius 1 is 0.535 bits per heavy atom. The SMILES string of the molecule is CNC[C@H](O)[C@@H](O)[C@H](O)[C@H](O)CO.C[C@@H](OC[C@@]1(c2ccccc2)CC[C@]2(CCC(=O)N2)CN1C(=O)OCOP(=O)(O)O)c1cc(C(F)(F)F)cc(C(F)(F)F)c1.C[C@@H](OC[C@@]1(c2ccccc2)CC[C@]2(CCC(=O)N2)CN1C(=O)OCOP(=O)([O-])[O-])c1cc(C(F)(F)F)cc(C(F)(F)F)c1.C[NH2+]C[C@H](O)[C@@H](O)[C@H](O)[C@H](O)CO. The van der Waals surface area contributed by atoms with Gasteiger partial charge < -0.3 is 120 Å². The van der Waals surface area contributed by atoms with Gasteiger partial charge in [0.1, 0.15) is 49.3 Å².